The minimum Gasteiger partial charge on any atom is -0.344 e. The molecule has 2 aliphatic heterocycles. The van der Waals surface area contributed by atoms with Crippen LogP contribution in [-0.4, -0.2) is 72.8 Å². The standard InChI is InChI=1S/C16H24N4O3/c1-2-7-17-15(22)12-19-8-10-20(11-9-19)16(23)13-5-3-4-6-14(21)18-13/h1,13H,3-12H2,(H,17,22)(H,18,21). The number of piperazine rings is 1. The van der Waals surface area contributed by atoms with Gasteiger partial charge in [0.1, 0.15) is 6.04 Å². The fraction of sp³-hybridized carbons (Fsp3) is 0.688. The third kappa shape index (κ3) is 5.25. The lowest BCUT2D eigenvalue weighted by atomic mass is 10.1. The molecule has 0 aromatic heterocycles. The molecule has 2 saturated heterocycles. The molecule has 1 unspecified atom stereocenters. The Bertz CT molecular complexity index is 492. The Hall–Kier alpha value is -2.07. The monoisotopic (exact) mass is 320 g/mol. The second-order valence-corrected chi connectivity index (χ2v) is 5.95. The van der Waals surface area contributed by atoms with Crippen LogP contribution in [0.25, 0.3) is 0 Å². The summed E-state index contributed by atoms with van der Waals surface area (Å²) in [7, 11) is 0. The van der Waals surface area contributed by atoms with Crippen molar-refractivity contribution in [3.63, 3.8) is 0 Å². The van der Waals surface area contributed by atoms with E-state index in [9.17, 15) is 14.4 Å². The van der Waals surface area contributed by atoms with E-state index < -0.39 is 6.04 Å². The molecule has 2 rings (SSSR count). The number of rotatable bonds is 4. The van der Waals surface area contributed by atoms with Crippen molar-refractivity contribution in [3.05, 3.63) is 0 Å². The minimum atomic E-state index is -0.393. The zero-order valence-corrected chi connectivity index (χ0v) is 13.3. The van der Waals surface area contributed by atoms with Crippen LogP contribution >= 0.6 is 0 Å². The minimum absolute atomic E-state index is 0.00307. The Kier molecular flexibility index (Phi) is 6.41. The first-order valence-electron chi connectivity index (χ1n) is 8.11. The van der Waals surface area contributed by atoms with Crippen molar-refractivity contribution in [1.29, 1.82) is 0 Å². The van der Waals surface area contributed by atoms with Gasteiger partial charge in [-0.25, -0.2) is 0 Å². The van der Waals surface area contributed by atoms with Gasteiger partial charge in [0.2, 0.25) is 17.7 Å². The van der Waals surface area contributed by atoms with E-state index in [1.165, 1.54) is 0 Å². The van der Waals surface area contributed by atoms with E-state index in [0.29, 0.717) is 45.6 Å². The SMILES string of the molecule is C#CCNC(=O)CN1CCN(C(=O)C2CCCCC(=O)N2)CC1. The topological polar surface area (TPSA) is 81.8 Å². The van der Waals surface area contributed by atoms with Gasteiger partial charge in [0.05, 0.1) is 13.1 Å². The number of carbonyl (C=O) groups is 3. The van der Waals surface area contributed by atoms with Gasteiger partial charge in [-0.2, -0.15) is 0 Å². The summed E-state index contributed by atoms with van der Waals surface area (Å²) in [5.74, 6) is 2.23. The summed E-state index contributed by atoms with van der Waals surface area (Å²) < 4.78 is 0. The second kappa shape index (κ2) is 8.53. The van der Waals surface area contributed by atoms with Crippen molar-refractivity contribution in [3.8, 4) is 12.3 Å². The maximum absolute atomic E-state index is 12.5. The molecular weight excluding hydrogens is 296 g/mol. The van der Waals surface area contributed by atoms with E-state index in [1.807, 2.05) is 4.90 Å². The molecule has 2 fully saturated rings. The van der Waals surface area contributed by atoms with Crippen LogP contribution in [-0.2, 0) is 14.4 Å². The zero-order chi connectivity index (χ0) is 16.7. The highest BCUT2D eigenvalue weighted by molar-refractivity contribution is 5.88. The number of nitrogens with zero attached hydrogens (tertiary/aromatic N) is 2. The summed E-state index contributed by atoms with van der Waals surface area (Å²) in [4.78, 5) is 39.5. The van der Waals surface area contributed by atoms with E-state index in [-0.39, 0.29) is 24.3 Å². The van der Waals surface area contributed by atoms with Gasteiger partial charge in [-0.3, -0.25) is 19.3 Å². The molecular formula is C16H24N4O3. The van der Waals surface area contributed by atoms with Gasteiger partial charge in [-0.05, 0) is 12.8 Å². The Balaban J connectivity index is 1.77. The van der Waals surface area contributed by atoms with Crippen LogP contribution in [0.3, 0.4) is 0 Å². The maximum atomic E-state index is 12.5. The summed E-state index contributed by atoms with van der Waals surface area (Å²) >= 11 is 0. The molecule has 7 heteroatoms. The van der Waals surface area contributed by atoms with Crippen molar-refractivity contribution in [2.45, 2.75) is 31.7 Å². The first-order valence-corrected chi connectivity index (χ1v) is 8.11. The first kappa shape index (κ1) is 17.3. The van der Waals surface area contributed by atoms with Crippen molar-refractivity contribution in [2.75, 3.05) is 39.3 Å². The third-order valence-electron chi connectivity index (χ3n) is 4.22. The van der Waals surface area contributed by atoms with Gasteiger partial charge in [0, 0.05) is 32.6 Å². The molecule has 1 atom stereocenters. The van der Waals surface area contributed by atoms with Gasteiger partial charge in [0.25, 0.3) is 0 Å². The van der Waals surface area contributed by atoms with E-state index in [1.54, 1.807) is 4.90 Å². The number of hydrogen-bond acceptors (Lipinski definition) is 4. The van der Waals surface area contributed by atoms with E-state index in [4.69, 9.17) is 6.42 Å². The second-order valence-electron chi connectivity index (χ2n) is 5.95. The lowest BCUT2D eigenvalue weighted by Crippen LogP contribution is -2.55. The van der Waals surface area contributed by atoms with Crippen molar-refractivity contribution >= 4 is 17.7 Å². The quantitative estimate of drug-likeness (QED) is 0.647. The fourth-order valence-corrected chi connectivity index (χ4v) is 2.91. The molecule has 2 N–H and O–H groups in total. The predicted molar refractivity (Wildman–Crippen MR) is 85.3 cm³/mol. The van der Waals surface area contributed by atoms with Crippen molar-refractivity contribution in [1.82, 2.24) is 20.4 Å². The van der Waals surface area contributed by atoms with E-state index >= 15 is 0 Å². The molecule has 7 nitrogen and oxygen atoms in total. The van der Waals surface area contributed by atoms with Gasteiger partial charge in [0.15, 0.2) is 0 Å². The Morgan fingerprint density at radius 2 is 2.00 bits per heavy atom. The lowest BCUT2D eigenvalue weighted by molar-refractivity contribution is -0.138. The van der Waals surface area contributed by atoms with Crippen molar-refractivity contribution in [2.24, 2.45) is 0 Å². The molecule has 0 aromatic rings. The average Bonchev–Trinajstić information content (AvgIpc) is 2.77. The van der Waals surface area contributed by atoms with Gasteiger partial charge < -0.3 is 15.5 Å². The summed E-state index contributed by atoms with van der Waals surface area (Å²) in [6.45, 7) is 2.98. The van der Waals surface area contributed by atoms with Crippen LogP contribution in [0.4, 0.5) is 0 Å². The molecule has 0 aliphatic carbocycles. The largest absolute Gasteiger partial charge is 0.344 e. The van der Waals surface area contributed by atoms with Crippen LogP contribution in [0, 0.1) is 12.3 Å². The molecule has 0 aromatic carbocycles. The summed E-state index contributed by atoms with van der Waals surface area (Å²) in [5.41, 5.74) is 0. The molecule has 3 amide bonds. The average molecular weight is 320 g/mol. The predicted octanol–water partition coefficient (Wildman–Crippen LogP) is -1.06. The highest BCUT2D eigenvalue weighted by Gasteiger charge is 2.29. The molecule has 0 radical (unpaired) electrons. The van der Waals surface area contributed by atoms with Crippen LogP contribution in [0.15, 0.2) is 0 Å². The highest BCUT2D eigenvalue weighted by Crippen LogP contribution is 2.13. The molecule has 126 valence electrons. The van der Waals surface area contributed by atoms with Crippen LogP contribution in [0.5, 0.6) is 0 Å². The number of hydrogen-bond donors (Lipinski definition) is 2. The molecule has 2 heterocycles. The summed E-state index contributed by atoms with van der Waals surface area (Å²) in [6.07, 6.45) is 8.05. The number of nitrogens with one attached hydrogen (secondary N) is 2. The van der Waals surface area contributed by atoms with E-state index in [2.05, 4.69) is 16.6 Å². The normalized spacial score (nSPS) is 22.7. The Morgan fingerprint density at radius 1 is 1.26 bits per heavy atom. The Morgan fingerprint density at radius 3 is 2.70 bits per heavy atom. The zero-order valence-electron chi connectivity index (χ0n) is 13.3. The molecule has 0 spiro atoms. The van der Waals surface area contributed by atoms with E-state index in [0.717, 1.165) is 12.8 Å². The van der Waals surface area contributed by atoms with Gasteiger partial charge >= 0.3 is 0 Å². The first-order chi connectivity index (χ1) is 11.1. The van der Waals surface area contributed by atoms with Crippen LogP contribution in [0.2, 0.25) is 0 Å². The third-order valence-corrected chi connectivity index (χ3v) is 4.22. The highest BCUT2D eigenvalue weighted by atomic mass is 16.2. The van der Waals surface area contributed by atoms with Crippen LogP contribution < -0.4 is 10.6 Å². The Labute approximate surface area is 136 Å². The summed E-state index contributed by atoms with van der Waals surface area (Å²) in [6, 6.07) is -0.393. The lowest BCUT2D eigenvalue weighted by Gasteiger charge is -2.36. The van der Waals surface area contributed by atoms with Gasteiger partial charge in [-0.15, -0.1) is 6.42 Å². The van der Waals surface area contributed by atoms with Crippen LogP contribution in [0.1, 0.15) is 25.7 Å². The number of terminal acetylenes is 1. The smallest absolute Gasteiger partial charge is 0.245 e. The van der Waals surface area contributed by atoms with Gasteiger partial charge in [-0.1, -0.05) is 12.3 Å². The molecule has 0 saturated carbocycles. The molecule has 23 heavy (non-hydrogen) atoms. The maximum Gasteiger partial charge on any atom is 0.245 e. The molecule has 2 aliphatic rings. The number of amides is 3. The summed E-state index contributed by atoms with van der Waals surface area (Å²) in [5, 5.41) is 5.45. The van der Waals surface area contributed by atoms with Crippen molar-refractivity contribution < 1.29 is 14.4 Å². The molecule has 0 bridgehead atoms. The fourth-order valence-electron chi connectivity index (χ4n) is 2.91. The number of carbonyl (C=O) groups excluding carboxylic acids is 3.